The molecule has 23 heavy (non-hydrogen) atoms. The fourth-order valence-corrected chi connectivity index (χ4v) is 2.52. The van der Waals surface area contributed by atoms with Gasteiger partial charge >= 0.3 is 0 Å². The van der Waals surface area contributed by atoms with Crippen molar-refractivity contribution in [2.45, 2.75) is 19.8 Å². The Morgan fingerprint density at radius 2 is 1.96 bits per heavy atom. The second-order valence-electron chi connectivity index (χ2n) is 5.64. The Kier molecular flexibility index (Phi) is 4.43. The maximum atomic E-state index is 12.3. The molecule has 2 N–H and O–H groups in total. The summed E-state index contributed by atoms with van der Waals surface area (Å²) in [5.41, 5.74) is 2.75. The molecule has 0 unspecified atom stereocenters. The van der Waals surface area contributed by atoms with Crippen molar-refractivity contribution in [1.29, 1.82) is 0 Å². The van der Waals surface area contributed by atoms with Crippen molar-refractivity contribution in [2.24, 2.45) is 5.92 Å². The number of amides is 2. The second kappa shape index (κ2) is 6.50. The Morgan fingerprint density at radius 3 is 2.65 bits per heavy atom. The summed E-state index contributed by atoms with van der Waals surface area (Å²) in [4.78, 5) is 28.1. The largest absolute Gasteiger partial charge is 0.326 e. The van der Waals surface area contributed by atoms with E-state index in [0.717, 1.165) is 22.9 Å². The number of benzene rings is 1. The number of aryl methyl sites for hydroxylation is 1. The highest BCUT2D eigenvalue weighted by Gasteiger charge is 2.29. The summed E-state index contributed by atoms with van der Waals surface area (Å²) in [7, 11) is 0. The first-order chi connectivity index (χ1) is 11.0. The van der Waals surface area contributed by atoms with Crippen molar-refractivity contribution in [3.05, 3.63) is 52.3 Å². The Labute approximate surface area is 142 Å². The fourth-order valence-electron chi connectivity index (χ4n) is 2.15. The summed E-state index contributed by atoms with van der Waals surface area (Å²) >= 11 is 3.30. The van der Waals surface area contributed by atoms with E-state index < -0.39 is 0 Å². The van der Waals surface area contributed by atoms with Gasteiger partial charge in [-0.25, -0.2) is 0 Å². The van der Waals surface area contributed by atoms with E-state index in [0.29, 0.717) is 16.9 Å². The molecule has 3 rings (SSSR count). The lowest BCUT2D eigenvalue weighted by atomic mass is 10.1. The summed E-state index contributed by atoms with van der Waals surface area (Å²) < 4.78 is 0.743. The molecule has 1 saturated carbocycles. The minimum atomic E-state index is -0.243. The quantitative estimate of drug-likeness (QED) is 0.856. The first-order valence-corrected chi connectivity index (χ1v) is 8.15. The SMILES string of the molecule is Cc1ccc(NC(=O)C2CC2)cc1NC(=O)c1cncc(Br)c1. The molecule has 0 aliphatic heterocycles. The summed E-state index contributed by atoms with van der Waals surface area (Å²) in [6.07, 6.45) is 5.04. The van der Waals surface area contributed by atoms with Crippen LogP contribution in [0.25, 0.3) is 0 Å². The molecule has 1 fully saturated rings. The van der Waals surface area contributed by atoms with Crippen molar-refractivity contribution >= 4 is 39.1 Å². The predicted molar refractivity (Wildman–Crippen MR) is 92.4 cm³/mol. The van der Waals surface area contributed by atoms with Crippen LogP contribution in [0, 0.1) is 12.8 Å². The minimum Gasteiger partial charge on any atom is -0.326 e. The maximum absolute atomic E-state index is 12.3. The van der Waals surface area contributed by atoms with Gasteiger partial charge in [0.2, 0.25) is 5.91 Å². The molecule has 118 valence electrons. The van der Waals surface area contributed by atoms with Crippen LogP contribution in [-0.2, 0) is 4.79 Å². The molecule has 0 bridgehead atoms. The lowest BCUT2D eigenvalue weighted by molar-refractivity contribution is -0.117. The standard InChI is InChI=1S/C17H16BrN3O2/c1-10-2-5-14(20-16(22)11-3-4-11)7-15(10)21-17(23)12-6-13(18)9-19-8-12/h2,5-9,11H,3-4H2,1H3,(H,20,22)(H,21,23). The molecule has 0 spiro atoms. The van der Waals surface area contributed by atoms with Gasteiger partial charge in [-0.2, -0.15) is 0 Å². The third-order valence-corrected chi connectivity index (χ3v) is 4.10. The van der Waals surface area contributed by atoms with E-state index in [9.17, 15) is 9.59 Å². The van der Waals surface area contributed by atoms with Crippen molar-refractivity contribution < 1.29 is 9.59 Å². The average molecular weight is 374 g/mol. The number of nitrogens with one attached hydrogen (secondary N) is 2. The van der Waals surface area contributed by atoms with Gasteiger partial charge in [-0.05, 0) is 59.5 Å². The summed E-state index contributed by atoms with van der Waals surface area (Å²) in [6.45, 7) is 1.90. The van der Waals surface area contributed by atoms with Crippen LogP contribution in [0.3, 0.4) is 0 Å². The van der Waals surface area contributed by atoms with Crippen LogP contribution < -0.4 is 10.6 Å². The number of pyridine rings is 1. The Balaban J connectivity index is 1.76. The van der Waals surface area contributed by atoms with E-state index in [2.05, 4.69) is 31.5 Å². The molecule has 1 aliphatic carbocycles. The van der Waals surface area contributed by atoms with Crippen LogP contribution in [0.5, 0.6) is 0 Å². The number of anilines is 2. The molecule has 1 heterocycles. The molecule has 5 nitrogen and oxygen atoms in total. The zero-order valence-corrected chi connectivity index (χ0v) is 14.2. The highest BCUT2D eigenvalue weighted by molar-refractivity contribution is 9.10. The van der Waals surface area contributed by atoms with Crippen LogP contribution in [0.1, 0.15) is 28.8 Å². The molecular weight excluding hydrogens is 358 g/mol. The minimum absolute atomic E-state index is 0.0438. The highest BCUT2D eigenvalue weighted by atomic mass is 79.9. The lowest BCUT2D eigenvalue weighted by Gasteiger charge is -2.11. The third-order valence-electron chi connectivity index (χ3n) is 3.67. The topological polar surface area (TPSA) is 71.1 Å². The molecule has 1 aromatic heterocycles. The first kappa shape index (κ1) is 15.7. The zero-order valence-electron chi connectivity index (χ0n) is 12.6. The lowest BCUT2D eigenvalue weighted by Crippen LogP contribution is -2.15. The van der Waals surface area contributed by atoms with E-state index in [-0.39, 0.29) is 17.7 Å². The van der Waals surface area contributed by atoms with Gasteiger partial charge in [-0.1, -0.05) is 6.07 Å². The van der Waals surface area contributed by atoms with Crippen molar-refractivity contribution in [1.82, 2.24) is 4.98 Å². The number of hydrogen-bond acceptors (Lipinski definition) is 3. The molecule has 1 aliphatic rings. The van der Waals surface area contributed by atoms with Gasteiger partial charge in [0.05, 0.1) is 5.56 Å². The fraction of sp³-hybridized carbons (Fsp3) is 0.235. The molecule has 2 amide bonds. The number of halogens is 1. The van der Waals surface area contributed by atoms with Gasteiger partial charge < -0.3 is 10.6 Å². The number of rotatable bonds is 4. The van der Waals surface area contributed by atoms with Crippen molar-refractivity contribution in [3.63, 3.8) is 0 Å². The molecule has 1 aromatic carbocycles. The molecule has 0 saturated heterocycles. The molecule has 0 atom stereocenters. The van der Waals surface area contributed by atoms with Gasteiger partial charge in [0.25, 0.3) is 5.91 Å². The zero-order chi connectivity index (χ0) is 16.4. The normalized spacial score (nSPS) is 13.5. The van der Waals surface area contributed by atoms with E-state index in [1.165, 1.54) is 6.20 Å². The molecule has 2 aromatic rings. The van der Waals surface area contributed by atoms with Gasteiger partial charge in [0, 0.05) is 34.2 Å². The Hall–Kier alpha value is -2.21. The Bertz CT molecular complexity index is 772. The number of aromatic nitrogens is 1. The van der Waals surface area contributed by atoms with Crippen LogP contribution in [-0.4, -0.2) is 16.8 Å². The number of carbonyl (C=O) groups excluding carboxylic acids is 2. The molecule has 0 radical (unpaired) electrons. The van der Waals surface area contributed by atoms with Crippen molar-refractivity contribution in [2.75, 3.05) is 10.6 Å². The monoisotopic (exact) mass is 373 g/mol. The summed E-state index contributed by atoms with van der Waals surface area (Å²) in [5, 5.41) is 5.74. The van der Waals surface area contributed by atoms with Crippen LogP contribution >= 0.6 is 15.9 Å². The van der Waals surface area contributed by atoms with Crippen LogP contribution in [0.4, 0.5) is 11.4 Å². The number of hydrogen-bond donors (Lipinski definition) is 2. The van der Waals surface area contributed by atoms with Gasteiger partial charge in [-0.15, -0.1) is 0 Å². The first-order valence-electron chi connectivity index (χ1n) is 7.36. The molecular formula is C17H16BrN3O2. The van der Waals surface area contributed by atoms with Gasteiger partial charge in [0.15, 0.2) is 0 Å². The maximum Gasteiger partial charge on any atom is 0.257 e. The van der Waals surface area contributed by atoms with Gasteiger partial charge in [0.1, 0.15) is 0 Å². The van der Waals surface area contributed by atoms with Crippen LogP contribution in [0.2, 0.25) is 0 Å². The van der Waals surface area contributed by atoms with E-state index in [4.69, 9.17) is 0 Å². The van der Waals surface area contributed by atoms with E-state index in [1.807, 2.05) is 19.1 Å². The third kappa shape index (κ3) is 3.96. The Morgan fingerprint density at radius 1 is 1.17 bits per heavy atom. The smallest absolute Gasteiger partial charge is 0.257 e. The van der Waals surface area contributed by atoms with Gasteiger partial charge in [-0.3, -0.25) is 14.6 Å². The summed E-state index contributed by atoms with van der Waals surface area (Å²) in [6, 6.07) is 7.19. The van der Waals surface area contributed by atoms with E-state index in [1.54, 1.807) is 18.3 Å². The number of carbonyl (C=O) groups is 2. The highest BCUT2D eigenvalue weighted by Crippen LogP contribution is 2.31. The molecule has 6 heteroatoms. The predicted octanol–water partition coefficient (Wildman–Crippen LogP) is 3.75. The van der Waals surface area contributed by atoms with Crippen molar-refractivity contribution in [3.8, 4) is 0 Å². The summed E-state index contributed by atoms with van der Waals surface area (Å²) in [5.74, 6) is -0.0584. The number of nitrogens with zero attached hydrogens (tertiary/aromatic N) is 1. The average Bonchev–Trinajstić information content (AvgIpc) is 3.35. The van der Waals surface area contributed by atoms with Crippen LogP contribution in [0.15, 0.2) is 41.1 Å². The van der Waals surface area contributed by atoms with E-state index >= 15 is 0 Å². The second-order valence-corrected chi connectivity index (χ2v) is 6.55.